The molecule has 0 aromatic heterocycles. The minimum Gasteiger partial charge on any atom is -0.371 e. The van der Waals surface area contributed by atoms with Gasteiger partial charge in [0.25, 0.3) is 0 Å². The summed E-state index contributed by atoms with van der Waals surface area (Å²) in [7, 11) is 0. The third kappa shape index (κ3) is 4.73. The molecule has 0 heterocycles. The minimum atomic E-state index is -2.42. The van der Waals surface area contributed by atoms with E-state index in [2.05, 4.69) is 10.6 Å². The first-order chi connectivity index (χ1) is 18.0. The molecule has 2 unspecified atom stereocenters. The molecule has 0 aliphatic heterocycles. The van der Waals surface area contributed by atoms with E-state index in [9.17, 15) is 43.9 Å². The lowest BCUT2D eigenvalue weighted by molar-refractivity contribution is 0.378. The van der Waals surface area contributed by atoms with Crippen molar-refractivity contribution < 1.29 is 43.9 Å². The van der Waals surface area contributed by atoms with Gasteiger partial charge in [0.1, 0.15) is 11.4 Å². The molecule has 12 heteroatoms. The molecule has 0 saturated heterocycles. The maximum atomic E-state index is 14.6. The number of rotatable bonds is 7. The van der Waals surface area contributed by atoms with Crippen LogP contribution >= 0.6 is 0 Å². The highest BCUT2D eigenvalue weighted by Gasteiger charge is 2.34. The van der Waals surface area contributed by atoms with Gasteiger partial charge < -0.3 is 10.6 Å². The standard InChI is InChI=1S/C26H14F10N2/c27-13-15(29)19(33)25(20(34)16(13)30)37-23(11-7-3-1-4-8-11)24(12-9-5-2-6-10-12)38-26-21(35)17(31)14(28)18(32)22(26)36/h1-10,23-24,37-38H. The number of hydrogen-bond donors (Lipinski definition) is 2. The van der Waals surface area contributed by atoms with Crippen molar-refractivity contribution in [2.75, 3.05) is 10.6 Å². The van der Waals surface area contributed by atoms with Crippen LogP contribution in [0.4, 0.5) is 55.3 Å². The zero-order valence-corrected chi connectivity index (χ0v) is 18.7. The van der Waals surface area contributed by atoms with E-state index in [1.165, 1.54) is 60.7 Å². The first kappa shape index (κ1) is 26.8. The monoisotopic (exact) mass is 544 g/mol. The van der Waals surface area contributed by atoms with Crippen LogP contribution in [0, 0.1) is 58.2 Å². The Labute approximate surface area is 208 Å². The van der Waals surface area contributed by atoms with E-state index in [-0.39, 0.29) is 11.1 Å². The first-order valence-electron chi connectivity index (χ1n) is 10.7. The summed E-state index contributed by atoms with van der Waals surface area (Å²) in [6.45, 7) is 0. The highest BCUT2D eigenvalue weighted by molar-refractivity contribution is 5.54. The summed E-state index contributed by atoms with van der Waals surface area (Å²) in [6.07, 6.45) is 0. The van der Waals surface area contributed by atoms with Gasteiger partial charge in [-0.05, 0) is 11.1 Å². The molecular weight excluding hydrogens is 530 g/mol. The predicted octanol–water partition coefficient (Wildman–Crippen LogP) is 8.08. The van der Waals surface area contributed by atoms with Gasteiger partial charge in [-0.3, -0.25) is 0 Å². The fraction of sp³-hybridized carbons (Fsp3) is 0.0769. The number of anilines is 2. The van der Waals surface area contributed by atoms with Crippen molar-refractivity contribution in [1.82, 2.24) is 0 Å². The number of benzene rings is 4. The minimum absolute atomic E-state index is 0.0849. The molecule has 38 heavy (non-hydrogen) atoms. The molecule has 4 aromatic carbocycles. The van der Waals surface area contributed by atoms with Gasteiger partial charge in [0.15, 0.2) is 46.5 Å². The van der Waals surface area contributed by atoms with Crippen LogP contribution in [0.1, 0.15) is 23.2 Å². The molecule has 2 nitrogen and oxygen atoms in total. The SMILES string of the molecule is Fc1c(F)c(F)c(NC(c2ccccc2)C(Nc2c(F)c(F)c(F)c(F)c2F)c2ccccc2)c(F)c1F. The van der Waals surface area contributed by atoms with Crippen LogP contribution < -0.4 is 10.6 Å². The summed E-state index contributed by atoms with van der Waals surface area (Å²) in [5, 5.41) is 4.35. The molecule has 4 rings (SSSR count). The quantitative estimate of drug-likeness (QED) is 0.140. The lowest BCUT2D eigenvalue weighted by Gasteiger charge is -2.32. The van der Waals surface area contributed by atoms with Gasteiger partial charge in [0, 0.05) is 0 Å². The lowest BCUT2D eigenvalue weighted by Crippen LogP contribution is -2.28. The Kier molecular flexibility index (Phi) is 7.51. The number of halogens is 10. The molecule has 0 radical (unpaired) electrons. The van der Waals surface area contributed by atoms with Gasteiger partial charge in [-0.1, -0.05) is 60.7 Å². The number of hydrogen-bond acceptors (Lipinski definition) is 2. The normalized spacial score (nSPS) is 12.8. The molecule has 0 aliphatic rings. The Hall–Kier alpha value is -4.22. The molecule has 198 valence electrons. The highest BCUT2D eigenvalue weighted by atomic mass is 19.2. The topological polar surface area (TPSA) is 24.1 Å². The van der Waals surface area contributed by atoms with Crippen LogP contribution in [0.25, 0.3) is 0 Å². The van der Waals surface area contributed by atoms with Gasteiger partial charge >= 0.3 is 0 Å². The van der Waals surface area contributed by atoms with E-state index >= 15 is 0 Å². The second-order valence-corrected chi connectivity index (χ2v) is 7.96. The van der Waals surface area contributed by atoms with Crippen molar-refractivity contribution in [2.45, 2.75) is 12.1 Å². The Balaban J connectivity index is 1.94. The predicted molar refractivity (Wildman–Crippen MR) is 118 cm³/mol. The van der Waals surface area contributed by atoms with Crippen molar-refractivity contribution in [1.29, 1.82) is 0 Å². The smallest absolute Gasteiger partial charge is 0.200 e. The summed E-state index contributed by atoms with van der Waals surface area (Å²) in [5.41, 5.74) is -2.78. The molecule has 0 saturated carbocycles. The molecule has 0 bridgehead atoms. The summed E-state index contributed by atoms with van der Waals surface area (Å²) >= 11 is 0. The maximum absolute atomic E-state index is 14.6. The zero-order chi connectivity index (χ0) is 27.7. The summed E-state index contributed by atoms with van der Waals surface area (Å²) in [5.74, 6) is -22.8. The fourth-order valence-corrected chi connectivity index (χ4v) is 3.81. The average Bonchev–Trinajstić information content (AvgIpc) is 2.94. The highest BCUT2D eigenvalue weighted by Crippen LogP contribution is 2.39. The molecule has 4 aromatic rings. The molecule has 0 amide bonds. The molecule has 2 N–H and O–H groups in total. The molecule has 0 aliphatic carbocycles. The van der Waals surface area contributed by atoms with E-state index in [0.717, 1.165) is 0 Å². The van der Waals surface area contributed by atoms with Crippen molar-refractivity contribution in [2.24, 2.45) is 0 Å². The van der Waals surface area contributed by atoms with Gasteiger partial charge in [0.05, 0.1) is 12.1 Å². The van der Waals surface area contributed by atoms with Crippen LogP contribution in [0.2, 0.25) is 0 Å². The van der Waals surface area contributed by atoms with Gasteiger partial charge in [-0.15, -0.1) is 0 Å². The number of nitrogens with one attached hydrogen (secondary N) is 2. The lowest BCUT2D eigenvalue weighted by atomic mass is 9.92. The van der Waals surface area contributed by atoms with E-state index in [4.69, 9.17) is 0 Å². The molecule has 2 atom stereocenters. The third-order valence-corrected chi connectivity index (χ3v) is 5.67. The Morgan fingerprint density at radius 1 is 0.342 bits per heavy atom. The van der Waals surface area contributed by atoms with Crippen molar-refractivity contribution in [3.8, 4) is 0 Å². The van der Waals surface area contributed by atoms with Gasteiger partial charge in [-0.25, -0.2) is 43.9 Å². The molecular formula is C26H14F10N2. The largest absolute Gasteiger partial charge is 0.371 e. The van der Waals surface area contributed by atoms with Crippen LogP contribution in [-0.2, 0) is 0 Å². The third-order valence-electron chi connectivity index (χ3n) is 5.67. The van der Waals surface area contributed by atoms with Gasteiger partial charge in [0.2, 0.25) is 11.6 Å². The summed E-state index contributed by atoms with van der Waals surface area (Å²) < 4.78 is 141. The van der Waals surface area contributed by atoms with Crippen LogP contribution in [-0.4, -0.2) is 0 Å². The van der Waals surface area contributed by atoms with Crippen LogP contribution in [0.5, 0.6) is 0 Å². The van der Waals surface area contributed by atoms with Crippen molar-refractivity contribution in [3.05, 3.63) is 130 Å². The van der Waals surface area contributed by atoms with E-state index < -0.39 is 81.6 Å². The molecule has 0 fully saturated rings. The van der Waals surface area contributed by atoms with E-state index in [0.29, 0.717) is 0 Å². The fourth-order valence-electron chi connectivity index (χ4n) is 3.81. The first-order valence-corrected chi connectivity index (χ1v) is 10.7. The van der Waals surface area contributed by atoms with Crippen LogP contribution in [0.15, 0.2) is 60.7 Å². The average molecular weight is 544 g/mol. The van der Waals surface area contributed by atoms with Crippen molar-refractivity contribution in [3.63, 3.8) is 0 Å². The van der Waals surface area contributed by atoms with Crippen LogP contribution in [0.3, 0.4) is 0 Å². The molecule has 0 spiro atoms. The second kappa shape index (κ2) is 10.6. The summed E-state index contributed by atoms with van der Waals surface area (Å²) in [4.78, 5) is 0. The van der Waals surface area contributed by atoms with Gasteiger partial charge in [-0.2, -0.15) is 0 Å². The summed E-state index contributed by atoms with van der Waals surface area (Å²) in [6, 6.07) is 11.0. The second-order valence-electron chi connectivity index (χ2n) is 7.96. The Morgan fingerprint density at radius 2 is 0.579 bits per heavy atom. The van der Waals surface area contributed by atoms with E-state index in [1.807, 2.05) is 0 Å². The zero-order valence-electron chi connectivity index (χ0n) is 18.7. The Morgan fingerprint density at radius 3 is 0.842 bits per heavy atom. The van der Waals surface area contributed by atoms with E-state index in [1.54, 1.807) is 0 Å². The van der Waals surface area contributed by atoms with Crippen molar-refractivity contribution >= 4 is 11.4 Å². The Bertz CT molecular complexity index is 1310. The maximum Gasteiger partial charge on any atom is 0.200 e.